The van der Waals surface area contributed by atoms with Crippen molar-refractivity contribution in [2.75, 3.05) is 0 Å². The lowest BCUT2D eigenvalue weighted by atomic mass is 9.62. The molecule has 0 spiro atoms. The molecule has 0 unspecified atom stereocenters. The van der Waals surface area contributed by atoms with Crippen molar-refractivity contribution < 1.29 is 9.59 Å². The molecular weight excluding hydrogens is 392 g/mol. The van der Waals surface area contributed by atoms with Gasteiger partial charge in [-0.3, -0.25) is 9.59 Å². The first-order chi connectivity index (χ1) is 15.4. The topological polar surface area (TPSA) is 34.1 Å². The Bertz CT molecular complexity index is 588. The van der Waals surface area contributed by atoms with Crippen LogP contribution in [0.15, 0.2) is 12.2 Å². The van der Waals surface area contributed by atoms with Gasteiger partial charge in [0.15, 0.2) is 0 Å². The van der Waals surface area contributed by atoms with Gasteiger partial charge in [-0.15, -0.1) is 0 Å². The third kappa shape index (κ3) is 8.14. The van der Waals surface area contributed by atoms with Gasteiger partial charge in [-0.2, -0.15) is 0 Å². The summed E-state index contributed by atoms with van der Waals surface area (Å²) in [6, 6.07) is 0. The van der Waals surface area contributed by atoms with Gasteiger partial charge in [0, 0.05) is 24.2 Å². The number of carbonyl (C=O) groups is 2. The lowest BCUT2D eigenvalue weighted by Crippen LogP contribution is -2.42. The maximum atomic E-state index is 13.2. The fourth-order valence-electron chi connectivity index (χ4n) is 6.13. The molecule has 0 radical (unpaired) electrons. The van der Waals surface area contributed by atoms with Crippen molar-refractivity contribution in [3.8, 4) is 0 Å². The molecule has 0 saturated heterocycles. The first-order valence-electron chi connectivity index (χ1n) is 14.1. The lowest BCUT2D eigenvalue weighted by molar-refractivity contribution is -0.136. The van der Waals surface area contributed by atoms with E-state index in [0.717, 1.165) is 25.7 Å². The van der Waals surface area contributed by atoms with E-state index in [2.05, 4.69) is 32.9 Å². The van der Waals surface area contributed by atoms with Crippen LogP contribution in [0.4, 0.5) is 0 Å². The molecule has 0 N–H and O–H groups in total. The summed E-state index contributed by atoms with van der Waals surface area (Å²) in [5.74, 6) is 0.901. The van der Waals surface area contributed by atoms with Gasteiger partial charge in [0.2, 0.25) is 0 Å². The number of ketones is 2. The molecule has 2 atom stereocenters. The van der Waals surface area contributed by atoms with Crippen LogP contribution >= 0.6 is 0 Å². The molecule has 2 aliphatic carbocycles. The molecule has 2 aliphatic rings. The molecule has 1 fully saturated rings. The predicted molar refractivity (Wildman–Crippen MR) is 137 cm³/mol. The number of hydrogen-bond acceptors (Lipinski definition) is 2. The van der Waals surface area contributed by atoms with Gasteiger partial charge in [0.05, 0.1) is 0 Å². The third-order valence-electron chi connectivity index (χ3n) is 8.97. The van der Waals surface area contributed by atoms with Crippen molar-refractivity contribution in [2.45, 2.75) is 149 Å². The van der Waals surface area contributed by atoms with Gasteiger partial charge in [-0.05, 0) is 56.8 Å². The Balaban J connectivity index is 1.87. The average Bonchev–Trinajstić information content (AvgIpc) is 3.01. The van der Waals surface area contributed by atoms with Gasteiger partial charge in [0.1, 0.15) is 11.6 Å². The summed E-state index contributed by atoms with van der Waals surface area (Å²) in [6.45, 7) is 6.55. The van der Waals surface area contributed by atoms with Crippen molar-refractivity contribution in [1.29, 1.82) is 0 Å². The zero-order valence-electron chi connectivity index (χ0n) is 21.7. The second-order valence-electron chi connectivity index (χ2n) is 11.5. The van der Waals surface area contributed by atoms with Crippen molar-refractivity contribution in [1.82, 2.24) is 0 Å². The van der Waals surface area contributed by atoms with E-state index in [1.165, 1.54) is 89.9 Å². The van der Waals surface area contributed by atoms with Crippen molar-refractivity contribution in [2.24, 2.45) is 16.7 Å². The van der Waals surface area contributed by atoms with Gasteiger partial charge in [-0.25, -0.2) is 0 Å². The molecule has 0 heterocycles. The van der Waals surface area contributed by atoms with Crippen LogP contribution in [-0.2, 0) is 9.59 Å². The van der Waals surface area contributed by atoms with E-state index in [1.54, 1.807) is 0 Å². The van der Waals surface area contributed by atoms with Crippen LogP contribution in [0.1, 0.15) is 149 Å². The second kappa shape index (κ2) is 14.4. The van der Waals surface area contributed by atoms with Gasteiger partial charge in [0.25, 0.3) is 0 Å². The minimum Gasteiger partial charge on any atom is -0.299 e. The van der Waals surface area contributed by atoms with Crippen LogP contribution < -0.4 is 0 Å². The molecule has 2 bridgehead atoms. The van der Waals surface area contributed by atoms with E-state index >= 15 is 0 Å². The lowest BCUT2D eigenvalue weighted by Gasteiger charge is -2.40. The summed E-state index contributed by atoms with van der Waals surface area (Å²) in [5.41, 5.74) is -0.533. The number of hydrogen-bond donors (Lipinski definition) is 0. The molecule has 0 aromatic carbocycles. The van der Waals surface area contributed by atoms with Crippen LogP contribution in [0.25, 0.3) is 0 Å². The highest BCUT2D eigenvalue weighted by Gasteiger charge is 2.56. The standard InChI is InChI=1S/C30H52O2/c1-29(2)26-24-25-30(29,3)28(32)23-21-19-17-15-13-11-9-7-5-4-6-8-10-12-14-16-18-20-22-27(26)31/h4-5,26H,6-25H2,1-3H3/t26-,30+/m0/s1. The number of rotatable bonds is 0. The molecule has 1 saturated carbocycles. The molecule has 2 nitrogen and oxygen atoms in total. The van der Waals surface area contributed by atoms with E-state index in [9.17, 15) is 9.59 Å². The highest BCUT2D eigenvalue weighted by molar-refractivity contribution is 5.89. The zero-order valence-corrected chi connectivity index (χ0v) is 21.7. The van der Waals surface area contributed by atoms with Crippen LogP contribution in [0.2, 0.25) is 0 Å². The maximum absolute atomic E-state index is 13.2. The summed E-state index contributed by atoms with van der Waals surface area (Å²) in [6.07, 6.45) is 28.0. The molecule has 0 aliphatic heterocycles. The predicted octanol–water partition coefficient (Wildman–Crippen LogP) is 9.16. The minimum absolute atomic E-state index is 0.0685. The largest absolute Gasteiger partial charge is 0.299 e. The Hall–Kier alpha value is -0.920. The quantitative estimate of drug-likeness (QED) is 0.349. The normalized spacial score (nSPS) is 31.0. The molecule has 0 aromatic heterocycles. The van der Waals surface area contributed by atoms with Gasteiger partial charge < -0.3 is 0 Å². The molecule has 2 rings (SSSR count). The van der Waals surface area contributed by atoms with E-state index in [4.69, 9.17) is 0 Å². The first-order valence-corrected chi connectivity index (χ1v) is 14.1. The first kappa shape index (κ1) is 27.3. The van der Waals surface area contributed by atoms with E-state index in [1.807, 2.05) is 0 Å². The van der Waals surface area contributed by atoms with Crippen LogP contribution in [0.3, 0.4) is 0 Å². The zero-order chi connectivity index (χ0) is 23.3. The molecular formula is C30H52O2. The van der Waals surface area contributed by atoms with E-state index in [0.29, 0.717) is 24.4 Å². The highest BCUT2D eigenvalue weighted by Crippen LogP contribution is 2.57. The summed E-state index contributed by atoms with van der Waals surface area (Å²) in [4.78, 5) is 26.3. The van der Waals surface area contributed by atoms with E-state index < -0.39 is 0 Å². The summed E-state index contributed by atoms with van der Waals surface area (Å²) < 4.78 is 0. The molecule has 184 valence electrons. The van der Waals surface area contributed by atoms with Crippen LogP contribution in [0, 0.1) is 16.7 Å². The number of fused-ring (bicyclic) bond motifs is 2. The Labute approximate surface area is 199 Å². The fraction of sp³-hybridized carbons (Fsp3) is 0.867. The second-order valence-corrected chi connectivity index (χ2v) is 11.5. The summed E-state index contributed by atoms with van der Waals surface area (Å²) in [7, 11) is 0. The fourth-order valence-corrected chi connectivity index (χ4v) is 6.13. The van der Waals surface area contributed by atoms with Crippen molar-refractivity contribution >= 4 is 11.6 Å². The number of allylic oxidation sites excluding steroid dienone is 2. The Morgan fingerprint density at radius 3 is 1.59 bits per heavy atom. The maximum Gasteiger partial charge on any atom is 0.139 e. The summed E-state index contributed by atoms with van der Waals surface area (Å²) >= 11 is 0. The number of carbonyl (C=O) groups excluding carboxylic acids is 2. The monoisotopic (exact) mass is 444 g/mol. The Kier molecular flexibility index (Phi) is 12.3. The molecule has 2 heteroatoms. The van der Waals surface area contributed by atoms with Crippen molar-refractivity contribution in [3.05, 3.63) is 12.2 Å². The highest BCUT2D eigenvalue weighted by atomic mass is 16.1. The third-order valence-corrected chi connectivity index (χ3v) is 8.97. The van der Waals surface area contributed by atoms with Gasteiger partial charge in [-0.1, -0.05) is 97.1 Å². The average molecular weight is 445 g/mol. The molecule has 0 aromatic rings. The Morgan fingerprint density at radius 2 is 1.06 bits per heavy atom. The van der Waals surface area contributed by atoms with E-state index in [-0.39, 0.29) is 16.7 Å². The number of Topliss-reactive ketones (excluding diaryl/α,β-unsaturated/α-hetero) is 2. The minimum atomic E-state index is -0.326. The molecule has 0 amide bonds. The van der Waals surface area contributed by atoms with Crippen molar-refractivity contribution in [3.63, 3.8) is 0 Å². The SMILES string of the molecule is CC1(C)[C@H]2CC[C@]1(C)C(=O)CCCCCCCCCC=CCCCCCCCCCC2=O. The van der Waals surface area contributed by atoms with Crippen LogP contribution in [0.5, 0.6) is 0 Å². The molecule has 32 heavy (non-hydrogen) atoms. The van der Waals surface area contributed by atoms with Crippen LogP contribution in [-0.4, -0.2) is 11.6 Å². The summed E-state index contributed by atoms with van der Waals surface area (Å²) in [5, 5.41) is 0. The van der Waals surface area contributed by atoms with Gasteiger partial charge >= 0.3 is 0 Å². The Morgan fingerprint density at radius 1 is 0.625 bits per heavy atom. The smallest absolute Gasteiger partial charge is 0.139 e.